The van der Waals surface area contributed by atoms with Crippen molar-refractivity contribution < 1.29 is 4.84 Å². The fraction of sp³-hybridized carbons (Fsp3) is 0.909. The smallest absolute Gasteiger partial charge is 0.135 e. The zero-order chi connectivity index (χ0) is 10.1. The highest BCUT2D eigenvalue weighted by atomic mass is 16.6. The van der Waals surface area contributed by atoms with Crippen molar-refractivity contribution in [3.8, 4) is 0 Å². The van der Waals surface area contributed by atoms with E-state index in [1.807, 2.05) is 0 Å². The molecule has 0 fully saturated rings. The molecule has 0 radical (unpaired) electrons. The van der Waals surface area contributed by atoms with Crippen LogP contribution < -0.4 is 0 Å². The van der Waals surface area contributed by atoms with Gasteiger partial charge in [-0.1, -0.05) is 39.8 Å². The first kappa shape index (κ1) is 10.6. The fourth-order valence-corrected chi connectivity index (χ4v) is 1.95. The molecular weight excluding hydrogens is 162 g/mol. The van der Waals surface area contributed by atoms with Crippen LogP contribution in [0.5, 0.6) is 0 Å². The minimum Gasteiger partial charge on any atom is -0.392 e. The highest BCUT2D eigenvalue weighted by Crippen LogP contribution is 2.33. The minimum absolute atomic E-state index is 0.157. The molecule has 1 heterocycles. The Morgan fingerprint density at radius 2 is 1.85 bits per heavy atom. The quantitative estimate of drug-likeness (QED) is 0.644. The van der Waals surface area contributed by atoms with Crippen LogP contribution in [0, 0.1) is 11.3 Å². The molecule has 1 rings (SSSR count). The van der Waals surface area contributed by atoms with Crippen LogP contribution in [0.25, 0.3) is 0 Å². The molecule has 0 aromatic rings. The summed E-state index contributed by atoms with van der Waals surface area (Å²) in [6.45, 7) is 11.0. The van der Waals surface area contributed by atoms with E-state index < -0.39 is 0 Å². The molecule has 0 saturated heterocycles. The van der Waals surface area contributed by atoms with Gasteiger partial charge in [0.05, 0.1) is 5.71 Å². The predicted octanol–water partition coefficient (Wildman–Crippen LogP) is 3.22. The Balaban J connectivity index is 2.77. The Morgan fingerprint density at radius 3 is 2.23 bits per heavy atom. The Hall–Kier alpha value is -0.530. The zero-order valence-corrected chi connectivity index (χ0v) is 9.42. The van der Waals surface area contributed by atoms with E-state index in [9.17, 15) is 0 Å². The lowest BCUT2D eigenvalue weighted by Gasteiger charge is -2.23. The molecule has 1 aliphatic heterocycles. The van der Waals surface area contributed by atoms with E-state index in [2.05, 4.69) is 39.8 Å². The lowest BCUT2D eigenvalue weighted by Crippen LogP contribution is -2.30. The minimum atomic E-state index is 0.157. The van der Waals surface area contributed by atoms with E-state index in [1.54, 1.807) is 0 Å². The van der Waals surface area contributed by atoms with Gasteiger partial charge in [-0.3, -0.25) is 0 Å². The maximum Gasteiger partial charge on any atom is 0.135 e. The van der Waals surface area contributed by atoms with Crippen molar-refractivity contribution in [2.24, 2.45) is 16.5 Å². The second-order valence-electron chi connectivity index (χ2n) is 4.79. The van der Waals surface area contributed by atoms with Crippen molar-refractivity contribution >= 4 is 5.71 Å². The summed E-state index contributed by atoms with van der Waals surface area (Å²) in [5, 5.41) is 4.23. The average molecular weight is 183 g/mol. The molecule has 0 aromatic heterocycles. The van der Waals surface area contributed by atoms with Crippen molar-refractivity contribution in [2.75, 3.05) is 0 Å². The van der Waals surface area contributed by atoms with Crippen LogP contribution in [-0.2, 0) is 4.84 Å². The van der Waals surface area contributed by atoms with Crippen LogP contribution in [0.15, 0.2) is 5.16 Å². The van der Waals surface area contributed by atoms with E-state index in [4.69, 9.17) is 4.84 Å². The normalized spacial score (nSPS) is 28.5. The summed E-state index contributed by atoms with van der Waals surface area (Å²) in [6, 6.07) is 0. The van der Waals surface area contributed by atoms with Crippen LogP contribution >= 0.6 is 0 Å². The molecule has 0 spiro atoms. The Labute approximate surface area is 81.3 Å². The SMILES string of the molecule is CCC1ON=C(C(C)(C)C)C1CC. The van der Waals surface area contributed by atoms with Gasteiger partial charge in [-0.05, 0) is 12.8 Å². The van der Waals surface area contributed by atoms with Crippen molar-refractivity contribution in [3.05, 3.63) is 0 Å². The molecule has 0 aliphatic carbocycles. The van der Waals surface area contributed by atoms with Crippen LogP contribution in [0.2, 0.25) is 0 Å². The summed E-state index contributed by atoms with van der Waals surface area (Å²) in [7, 11) is 0. The van der Waals surface area contributed by atoms with E-state index in [1.165, 1.54) is 5.71 Å². The van der Waals surface area contributed by atoms with Gasteiger partial charge in [0.1, 0.15) is 6.10 Å². The molecule has 2 atom stereocenters. The third-order valence-electron chi connectivity index (χ3n) is 2.70. The molecule has 13 heavy (non-hydrogen) atoms. The molecule has 2 nitrogen and oxygen atoms in total. The van der Waals surface area contributed by atoms with Gasteiger partial charge in [0, 0.05) is 11.3 Å². The summed E-state index contributed by atoms with van der Waals surface area (Å²) >= 11 is 0. The zero-order valence-electron chi connectivity index (χ0n) is 9.42. The third kappa shape index (κ3) is 2.04. The van der Waals surface area contributed by atoms with Gasteiger partial charge in [-0.15, -0.1) is 0 Å². The van der Waals surface area contributed by atoms with Crippen LogP contribution in [0.4, 0.5) is 0 Å². The number of hydrogen-bond donors (Lipinski definition) is 0. The monoisotopic (exact) mass is 183 g/mol. The lowest BCUT2D eigenvalue weighted by molar-refractivity contribution is 0.0583. The average Bonchev–Trinajstić information content (AvgIpc) is 2.45. The summed E-state index contributed by atoms with van der Waals surface area (Å²) in [5.74, 6) is 0.532. The summed E-state index contributed by atoms with van der Waals surface area (Å²) in [5.41, 5.74) is 1.40. The third-order valence-corrected chi connectivity index (χ3v) is 2.70. The maximum absolute atomic E-state index is 5.43. The van der Waals surface area contributed by atoms with Crippen LogP contribution in [0.1, 0.15) is 47.5 Å². The van der Waals surface area contributed by atoms with Gasteiger partial charge in [0.25, 0.3) is 0 Å². The topological polar surface area (TPSA) is 21.6 Å². The lowest BCUT2D eigenvalue weighted by atomic mass is 9.79. The molecule has 2 unspecified atom stereocenters. The first-order valence-electron chi connectivity index (χ1n) is 5.24. The van der Waals surface area contributed by atoms with Crippen LogP contribution in [-0.4, -0.2) is 11.8 Å². The van der Waals surface area contributed by atoms with Gasteiger partial charge in [0.2, 0.25) is 0 Å². The first-order valence-corrected chi connectivity index (χ1v) is 5.24. The highest BCUT2D eigenvalue weighted by Gasteiger charge is 2.37. The molecule has 0 aromatic carbocycles. The molecule has 0 saturated carbocycles. The van der Waals surface area contributed by atoms with Crippen molar-refractivity contribution in [3.63, 3.8) is 0 Å². The number of hydrogen-bond acceptors (Lipinski definition) is 2. The van der Waals surface area contributed by atoms with Gasteiger partial charge < -0.3 is 4.84 Å². The summed E-state index contributed by atoms with van der Waals surface area (Å²) in [6.07, 6.45) is 2.51. The second kappa shape index (κ2) is 3.69. The van der Waals surface area contributed by atoms with Crippen LogP contribution in [0.3, 0.4) is 0 Å². The van der Waals surface area contributed by atoms with Crippen molar-refractivity contribution in [1.29, 1.82) is 0 Å². The number of oxime groups is 1. The summed E-state index contributed by atoms with van der Waals surface area (Å²) < 4.78 is 0. The van der Waals surface area contributed by atoms with Crippen molar-refractivity contribution in [1.82, 2.24) is 0 Å². The van der Waals surface area contributed by atoms with E-state index in [-0.39, 0.29) is 5.41 Å². The molecule has 0 bridgehead atoms. The van der Waals surface area contributed by atoms with E-state index in [0.717, 1.165) is 12.8 Å². The second-order valence-corrected chi connectivity index (χ2v) is 4.79. The predicted molar refractivity (Wildman–Crippen MR) is 55.8 cm³/mol. The van der Waals surface area contributed by atoms with Gasteiger partial charge in [-0.25, -0.2) is 0 Å². The van der Waals surface area contributed by atoms with Gasteiger partial charge in [-0.2, -0.15) is 0 Å². The number of nitrogens with zero attached hydrogens (tertiary/aromatic N) is 1. The largest absolute Gasteiger partial charge is 0.392 e. The Morgan fingerprint density at radius 1 is 1.23 bits per heavy atom. The molecule has 2 heteroatoms. The van der Waals surface area contributed by atoms with Crippen molar-refractivity contribution in [2.45, 2.75) is 53.6 Å². The Kier molecular flexibility index (Phi) is 2.99. The molecule has 0 N–H and O–H groups in total. The van der Waals surface area contributed by atoms with E-state index in [0.29, 0.717) is 12.0 Å². The van der Waals surface area contributed by atoms with Gasteiger partial charge in [0.15, 0.2) is 0 Å². The summed E-state index contributed by atoms with van der Waals surface area (Å²) in [4.78, 5) is 5.43. The maximum atomic E-state index is 5.43. The molecule has 76 valence electrons. The molecule has 0 amide bonds. The van der Waals surface area contributed by atoms with E-state index >= 15 is 0 Å². The highest BCUT2D eigenvalue weighted by molar-refractivity contribution is 5.92. The fourth-order valence-electron chi connectivity index (χ4n) is 1.95. The Bertz CT molecular complexity index is 203. The standard InChI is InChI=1S/C11H21NO/c1-6-8-9(7-2)13-12-10(8)11(3,4)5/h8-9H,6-7H2,1-5H3. The first-order chi connectivity index (χ1) is 6.00. The molecule has 1 aliphatic rings. The number of rotatable bonds is 2. The van der Waals surface area contributed by atoms with Gasteiger partial charge >= 0.3 is 0 Å². The molecular formula is C11H21NO.